The van der Waals surface area contributed by atoms with Gasteiger partial charge in [0, 0.05) is 5.02 Å². The fourth-order valence-corrected chi connectivity index (χ4v) is 4.30. The van der Waals surface area contributed by atoms with Gasteiger partial charge in [0.2, 0.25) is 0 Å². The molecule has 24 heavy (non-hydrogen) atoms. The second-order valence-electron chi connectivity index (χ2n) is 5.25. The molecule has 1 unspecified atom stereocenters. The fraction of sp³-hybridized carbons (Fsp3) is 0.235. The van der Waals surface area contributed by atoms with E-state index >= 15 is 0 Å². The van der Waals surface area contributed by atoms with E-state index in [0.717, 1.165) is 0 Å². The molecule has 2 rings (SSSR count). The van der Waals surface area contributed by atoms with Crippen molar-refractivity contribution in [3.8, 4) is 0 Å². The first-order chi connectivity index (χ1) is 11.4. The van der Waals surface area contributed by atoms with Crippen LogP contribution in [-0.2, 0) is 14.8 Å². The molecule has 0 heterocycles. The SMILES string of the molecule is CCC(CC(=O)O)N(c1ccc(Cl)cc1)S(=O)(=O)c1ccccc1. The molecule has 0 amide bonds. The Kier molecular flexibility index (Phi) is 5.85. The molecule has 0 bridgehead atoms. The number of carboxylic acids is 1. The van der Waals surface area contributed by atoms with Crippen LogP contribution < -0.4 is 4.31 Å². The Morgan fingerprint density at radius 3 is 2.21 bits per heavy atom. The van der Waals surface area contributed by atoms with Gasteiger partial charge >= 0.3 is 5.97 Å². The molecule has 1 N–H and O–H groups in total. The zero-order chi connectivity index (χ0) is 17.7. The van der Waals surface area contributed by atoms with Gasteiger partial charge in [-0.05, 0) is 42.8 Å². The minimum Gasteiger partial charge on any atom is -0.481 e. The monoisotopic (exact) mass is 367 g/mol. The van der Waals surface area contributed by atoms with Crippen molar-refractivity contribution >= 4 is 33.3 Å². The third-order valence-corrected chi connectivity index (χ3v) is 5.74. The summed E-state index contributed by atoms with van der Waals surface area (Å²) in [6.07, 6.45) is 0.0756. The van der Waals surface area contributed by atoms with E-state index in [1.54, 1.807) is 49.4 Å². The molecule has 0 aromatic heterocycles. The van der Waals surface area contributed by atoms with Crippen LogP contribution in [0.4, 0.5) is 5.69 Å². The first-order valence-corrected chi connectivity index (χ1v) is 9.25. The summed E-state index contributed by atoms with van der Waals surface area (Å²) < 4.78 is 27.4. The quantitative estimate of drug-likeness (QED) is 0.807. The van der Waals surface area contributed by atoms with E-state index in [-0.39, 0.29) is 11.3 Å². The first kappa shape index (κ1) is 18.3. The van der Waals surface area contributed by atoms with Crippen molar-refractivity contribution in [2.75, 3.05) is 4.31 Å². The molecule has 2 aromatic carbocycles. The van der Waals surface area contributed by atoms with Crippen LogP contribution >= 0.6 is 11.6 Å². The second-order valence-corrected chi connectivity index (χ2v) is 7.50. The lowest BCUT2D eigenvalue weighted by Gasteiger charge is -2.31. The van der Waals surface area contributed by atoms with E-state index in [9.17, 15) is 13.2 Å². The number of sulfonamides is 1. The van der Waals surface area contributed by atoms with Crippen molar-refractivity contribution in [2.45, 2.75) is 30.7 Å². The summed E-state index contributed by atoms with van der Waals surface area (Å²) in [5.41, 5.74) is 0.386. The van der Waals surface area contributed by atoms with Crippen molar-refractivity contribution in [3.63, 3.8) is 0 Å². The van der Waals surface area contributed by atoms with Crippen LogP contribution in [-0.4, -0.2) is 25.5 Å². The smallest absolute Gasteiger partial charge is 0.305 e. The molecular formula is C17H18ClNO4S. The topological polar surface area (TPSA) is 74.7 Å². The third kappa shape index (κ3) is 4.07. The largest absolute Gasteiger partial charge is 0.481 e. The van der Waals surface area contributed by atoms with Gasteiger partial charge in [-0.2, -0.15) is 0 Å². The maximum Gasteiger partial charge on any atom is 0.305 e. The van der Waals surface area contributed by atoms with Crippen molar-refractivity contribution in [3.05, 3.63) is 59.6 Å². The van der Waals surface area contributed by atoms with E-state index in [1.807, 2.05) is 0 Å². The number of nitrogens with zero attached hydrogens (tertiary/aromatic N) is 1. The molecule has 128 valence electrons. The van der Waals surface area contributed by atoms with Crippen molar-refractivity contribution in [2.24, 2.45) is 0 Å². The van der Waals surface area contributed by atoms with Gasteiger partial charge < -0.3 is 5.11 Å². The van der Waals surface area contributed by atoms with Crippen molar-refractivity contribution in [1.82, 2.24) is 0 Å². The van der Waals surface area contributed by atoms with Crippen LogP contribution in [0.3, 0.4) is 0 Å². The highest BCUT2D eigenvalue weighted by Gasteiger charge is 2.32. The molecule has 7 heteroatoms. The highest BCUT2D eigenvalue weighted by molar-refractivity contribution is 7.92. The Bertz CT molecular complexity index is 791. The van der Waals surface area contributed by atoms with Gasteiger partial charge in [-0.25, -0.2) is 8.42 Å². The summed E-state index contributed by atoms with van der Waals surface area (Å²) in [4.78, 5) is 11.3. The summed E-state index contributed by atoms with van der Waals surface area (Å²) in [6, 6.07) is 13.6. The minimum absolute atomic E-state index is 0.115. The zero-order valence-electron chi connectivity index (χ0n) is 13.1. The van der Waals surface area contributed by atoms with Crippen molar-refractivity contribution < 1.29 is 18.3 Å². The molecule has 0 spiro atoms. The maximum atomic E-state index is 13.1. The Morgan fingerprint density at radius 2 is 1.71 bits per heavy atom. The predicted octanol–water partition coefficient (Wildman–Crippen LogP) is 3.79. The molecule has 2 aromatic rings. The summed E-state index contributed by atoms with van der Waals surface area (Å²) in [6.45, 7) is 1.76. The Morgan fingerprint density at radius 1 is 1.12 bits per heavy atom. The number of carboxylic acid groups (broad SMARTS) is 1. The van der Waals surface area contributed by atoms with Gasteiger partial charge in [0.05, 0.1) is 23.0 Å². The lowest BCUT2D eigenvalue weighted by Crippen LogP contribution is -2.41. The number of halogens is 1. The van der Waals surface area contributed by atoms with Gasteiger partial charge in [0.1, 0.15) is 0 Å². The molecule has 0 aliphatic carbocycles. The lowest BCUT2D eigenvalue weighted by atomic mass is 10.1. The minimum atomic E-state index is -3.90. The molecule has 0 saturated heterocycles. The number of anilines is 1. The molecule has 0 fully saturated rings. The summed E-state index contributed by atoms with van der Waals surface area (Å²) >= 11 is 5.88. The standard InChI is InChI=1S/C17H18ClNO4S/c1-2-14(12-17(20)21)19(15-10-8-13(18)9-11-15)24(22,23)16-6-4-3-5-7-16/h3-11,14H,2,12H2,1H3,(H,20,21). The summed E-state index contributed by atoms with van der Waals surface area (Å²) in [7, 11) is -3.90. The van der Waals surface area contributed by atoms with Gasteiger partial charge in [0.15, 0.2) is 0 Å². The summed E-state index contributed by atoms with van der Waals surface area (Å²) in [5.74, 6) is -1.05. The number of aliphatic carboxylic acids is 1. The number of benzene rings is 2. The highest BCUT2D eigenvalue weighted by atomic mass is 35.5. The Balaban J connectivity index is 2.57. The molecular weight excluding hydrogens is 350 g/mol. The molecule has 5 nitrogen and oxygen atoms in total. The second kappa shape index (κ2) is 7.68. The predicted molar refractivity (Wildman–Crippen MR) is 93.9 cm³/mol. The van der Waals surface area contributed by atoms with Gasteiger partial charge in [0.25, 0.3) is 10.0 Å². The number of rotatable bonds is 7. The first-order valence-electron chi connectivity index (χ1n) is 7.43. The third-order valence-electron chi connectivity index (χ3n) is 3.59. The van der Waals surface area contributed by atoms with Crippen LogP contribution in [0.25, 0.3) is 0 Å². The fourth-order valence-electron chi connectivity index (χ4n) is 2.43. The normalized spacial score (nSPS) is 12.6. The van der Waals surface area contributed by atoms with Crippen LogP contribution in [0.15, 0.2) is 59.5 Å². The van der Waals surface area contributed by atoms with Crippen LogP contribution in [0.5, 0.6) is 0 Å². The molecule has 1 atom stereocenters. The average Bonchev–Trinajstić information content (AvgIpc) is 2.56. The maximum absolute atomic E-state index is 13.1. The Labute approximate surface area is 146 Å². The average molecular weight is 368 g/mol. The molecule has 0 aliphatic heterocycles. The molecule has 0 saturated carbocycles. The van der Waals surface area contributed by atoms with E-state index in [2.05, 4.69) is 0 Å². The number of carbonyl (C=O) groups is 1. The van der Waals surface area contributed by atoms with Gasteiger partial charge in [-0.15, -0.1) is 0 Å². The van der Waals surface area contributed by atoms with Crippen LogP contribution in [0.1, 0.15) is 19.8 Å². The van der Waals surface area contributed by atoms with Gasteiger partial charge in [-0.3, -0.25) is 9.10 Å². The van der Waals surface area contributed by atoms with Crippen molar-refractivity contribution in [1.29, 1.82) is 0 Å². The van der Waals surface area contributed by atoms with Gasteiger partial charge in [-0.1, -0.05) is 36.7 Å². The van der Waals surface area contributed by atoms with E-state index in [4.69, 9.17) is 16.7 Å². The van der Waals surface area contributed by atoms with Crippen LogP contribution in [0, 0.1) is 0 Å². The molecule has 0 aliphatic rings. The van der Waals surface area contributed by atoms with Crippen LogP contribution in [0.2, 0.25) is 5.02 Å². The van der Waals surface area contributed by atoms with E-state index in [1.165, 1.54) is 16.4 Å². The number of hydrogen-bond donors (Lipinski definition) is 1. The Hall–Kier alpha value is -2.05. The number of hydrogen-bond acceptors (Lipinski definition) is 3. The zero-order valence-corrected chi connectivity index (χ0v) is 14.7. The molecule has 0 radical (unpaired) electrons. The van der Waals surface area contributed by atoms with E-state index < -0.39 is 22.0 Å². The lowest BCUT2D eigenvalue weighted by molar-refractivity contribution is -0.137. The summed E-state index contributed by atoms with van der Waals surface area (Å²) in [5, 5.41) is 9.62. The highest BCUT2D eigenvalue weighted by Crippen LogP contribution is 2.29. The van der Waals surface area contributed by atoms with E-state index in [0.29, 0.717) is 17.1 Å².